The second-order valence-corrected chi connectivity index (χ2v) is 2.37. The van der Waals surface area contributed by atoms with Crippen LogP contribution in [0.5, 0.6) is 0 Å². The van der Waals surface area contributed by atoms with Gasteiger partial charge in [0.05, 0.1) is 19.0 Å². The lowest BCUT2D eigenvalue weighted by molar-refractivity contribution is -0.0657. The lowest BCUT2D eigenvalue weighted by atomic mass is 10.2. The molecule has 0 aromatic carbocycles. The summed E-state index contributed by atoms with van der Waals surface area (Å²) in [5.74, 6) is 0.879. The van der Waals surface area contributed by atoms with Crippen LogP contribution in [0.25, 0.3) is 0 Å². The second-order valence-electron chi connectivity index (χ2n) is 2.37. The van der Waals surface area contributed by atoms with Gasteiger partial charge in [0.15, 0.2) is 0 Å². The van der Waals surface area contributed by atoms with Gasteiger partial charge in [0, 0.05) is 12.6 Å². The summed E-state index contributed by atoms with van der Waals surface area (Å²) >= 11 is 0. The molecule has 0 atom stereocenters. The summed E-state index contributed by atoms with van der Waals surface area (Å²) in [4.78, 5) is 5.19. The molecule has 3 nitrogen and oxygen atoms in total. The van der Waals surface area contributed by atoms with Gasteiger partial charge in [0.1, 0.15) is 5.76 Å². The van der Waals surface area contributed by atoms with Crippen molar-refractivity contribution in [2.45, 2.75) is 13.3 Å². The number of hydrogen-bond acceptors (Lipinski definition) is 3. The average Bonchev–Trinajstić information content (AvgIpc) is 2.13. The fraction of sp³-hybridized carbons (Fsp3) is 0.571. The van der Waals surface area contributed by atoms with Crippen LogP contribution < -0.4 is 0 Å². The quantitative estimate of drug-likeness (QED) is 0.543. The highest BCUT2D eigenvalue weighted by atomic mass is 16.7. The number of nitrogens with zero attached hydrogens (tertiary/aromatic N) is 2. The number of rotatable bonds is 1. The number of hydrogen-bond donors (Lipinski definition) is 0. The minimum atomic E-state index is 0.482. The van der Waals surface area contributed by atoms with Crippen molar-refractivity contribution < 1.29 is 4.84 Å². The lowest BCUT2D eigenvalue weighted by Gasteiger charge is -2.06. The van der Waals surface area contributed by atoms with Gasteiger partial charge in [0.25, 0.3) is 0 Å². The topological polar surface area (TPSA) is 36.3 Å². The molecule has 0 saturated carbocycles. The molecule has 0 amide bonds. The van der Waals surface area contributed by atoms with Crippen LogP contribution in [0.1, 0.15) is 13.3 Å². The third kappa shape index (κ3) is 1.28. The molecule has 0 radical (unpaired) electrons. The molecule has 10 heavy (non-hydrogen) atoms. The van der Waals surface area contributed by atoms with E-state index in [2.05, 4.69) is 6.07 Å². The molecule has 0 fully saturated rings. The predicted octanol–water partition coefficient (Wildman–Crippen LogP) is 1.05. The maximum Gasteiger partial charge on any atom is 0.123 e. The van der Waals surface area contributed by atoms with Gasteiger partial charge in [-0.3, -0.25) is 0 Å². The van der Waals surface area contributed by atoms with Crippen LogP contribution in [0, 0.1) is 11.3 Å². The van der Waals surface area contributed by atoms with E-state index in [0.717, 1.165) is 17.9 Å². The Morgan fingerprint density at radius 2 is 2.50 bits per heavy atom. The van der Waals surface area contributed by atoms with Crippen molar-refractivity contribution in [1.82, 2.24) is 5.06 Å². The van der Waals surface area contributed by atoms with Crippen molar-refractivity contribution in [2.75, 3.05) is 13.6 Å². The predicted molar refractivity (Wildman–Crippen MR) is 36.6 cm³/mol. The maximum absolute atomic E-state index is 8.37. The highest BCUT2D eigenvalue weighted by molar-refractivity contribution is 5.15. The van der Waals surface area contributed by atoms with Crippen LogP contribution in [0.4, 0.5) is 0 Å². The van der Waals surface area contributed by atoms with Crippen LogP contribution in [0.15, 0.2) is 11.3 Å². The zero-order chi connectivity index (χ0) is 7.56. The van der Waals surface area contributed by atoms with Crippen molar-refractivity contribution in [3.8, 4) is 6.07 Å². The first-order chi connectivity index (χ1) is 4.74. The van der Waals surface area contributed by atoms with Gasteiger partial charge in [-0.15, -0.1) is 5.06 Å². The Morgan fingerprint density at radius 1 is 1.80 bits per heavy atom. The smallest absolute Gasteiger partial charge is 0.123 e. The molecule has 1 aliphatic rings. The highest BCUT2D eigenvalue weighted by Crippen LogP contribution is 2.18. The molecule has 0 N–H and O–H groups in total. The van der Waals surface area contributed by atoms with Gasteiger partial charge in [0.2, 0.25) is 0 Å². The Hall–Kier alpha value is -1.01. The molecular formula is C7H10N2O. The van der Waals surface area contributed by atoms with E-state index in [9.17, 15) is 0 Å². The minimum Gasteiger partial charge on any atom is -0.411 e. The summed E-state index contributed by atoms with van der Waals surface area (Å²) in [6.07, 6.45) is 0.482. The number of hydroxylamine groups is 2. The van der Waals surface area contributed by atoms with Crippen LogP contribution in [0.3, 0.4) is 0 Å². The van der Waals surface area contributed by atoms with Gasteiger partial charge >= 0.3 is 0 Å². The Bertz CT molecular complexity index is 202. The molecule has 0 bridgehead atoms. The van der Waals surface area contributed by atoms with E-state index in [1.165, 1.54) is 0 Å². The third-order valence-corrected chi connectivity index (χ3v) is 1.50. The molecular weight excluding hydrogens is 128 g/mol. The second kappa shape index (κ2) is 2.72. The largest absolute Gasteiger partial charge is 0.411 e. The molecule has 1 aliphatic heterocycles. The molecule has 3 heteroatoms. The molecule has 0 aliphatic carbocycles. The van der Waals surface area contributed by atoms with Crippen molar-refractivity contribution >= 4 is 0 Å². The Labute approximate surface area is 60.5 Å². The van der Waals surface area contributed by atoms with Gasteiger partial charge in [-0.05, 0) is 6.92 Å². The van der Waals surface area contributed by atoms with Gasteiger partial charge < -0.3 is 4.84 Å². The average molecular weight is 138 g/mol. The van der Waals surface area contributed by atoms with Crippen molar-refractivity contribution in [3.63, 3.8) is 0 Å². The Kier molecular flexibility index (Phi) is 1.93. The van der Waals surface area contributed by atoms with Crippen LogP contribution >= 0.6 is 0 Å². The minimum absolute atomic E-state index is 0.482. The SMILES string of the molecule is CC1=C(CC#N)CN(C)O1. The van der Waals surface area contributed by atoms with Gasteiger partial charge in [-0.2, -0.15) is 5.26 Å². The summed E-state index contributed by atoms with van der Waals surface area (Å²) in [6.45, 7) is 2.65. The summed E-state index contributed by atoms with van der Waals surface area (Å²) in [6, 6.07) is 2.10. The summed E-state index contributed by atoms with van der Waals surface area (Å²) < 4.78 is 0. The number of allylic oxidation sites excluding steroid dienone is 1. The van der Waals surface area contributed by atoms with E-state index in [4.69, 9.17) is 10.1 Å². The first-order valence-electron chi connectivity index (χ1n) is 3.18. The van der Waals surface area contributed by atoms with E-state index in [0.29, 0.717) is 6.42 Å². The molecule has 0 unspecified atom stereocenters. The fourth-order valence-corrected chi connectivity index (χ4v) is 0.986. The van der Waals surface area contributed by atoms with Crippen molar-refractivity contribution in [3.05, 3.63) is 11.3 Å². The van der Waals surface area contributed by atoms with E-state index >= 15 is 0 Å². The van der Waals surface area contributed by atoms with E-state index in [1.807, 2.05) is 14.0 Å². The Balaban J connectivity index is 2.59. The third-order valence-electron chi connectivity index (χ3n) is 1.50. The summed E-state index contributed by atoms with van der Waals surface area (Å²) in [5, 5.41) is 10.1. The lowest BCUT2D eigenvalue weighted by Crippen LogP contribution is -2.12. The molecule has 0 spiro atoms. The standard InChI is InChI=1S/C7H10N2O/c1-6-7(3-4-8)5-9(2)10-6/h3,5H2,1-2H3. The maximum atomic E-state index is 8.37. The number of likely N-dealkylation sites (N-methyl/N-ethyl adjacent to an activating group) is 1. The fourth-order valence-electron chi connectivity index (χ4n) is 0.986. The molecule has 1 heterocycles. The van der Waals surface area contributed by atoms with E-state index < -0.39 is 0 Å². The van der Waals surface area contributed by atoms with Crippen LogP contribution in [-0.2, 0) is 4.84 Å². The zero-order valence-corrected chi connectivity index (χ0v) is 6.22. The van der Waals surface area contributed by atoms with Crippen molar-refractivity contribution in [1.29, 1.82) is 5.26 Å². The summed E-state index contributed by atoms with van der Waals surface area (Å²) in [5.41, 5.74) is 1.09. The summed E-state index contributed by atoms with van der Waals surface area (Å²) in [7, 11) is 1.86. The normalized spacial score (nSPS) is 18.9. The molecule has 0 saturated heterocycles. The van der Waals surface area contributed by atoms with Gasteiger partial charge in [-0.1, -0.05) is 0 Å². The molecule has 0 aromatic rings. The zero-order valence-electron chi connectivity index (χ0n) is 6.22. The first-order valence-corrected chi connectivity index (χ1v) is 3.18. The Morgan fingerprint density at radius 3 is 2.90 bits per heavy atom. The van der Waals surface area contributed by atoms with E-state index in [-0.39, 0.29) is 0 Å². The molecule has 0 aromatic heterocycles. The number of nitriles is 1. The van der Waals surface area contributed by atoms with Crippen LogP contribution in [0.2, 0.25) is 0 Å². The van der Waals surface area contributed by atoms with Gasteiger partial charge in [-0.25, -0.2) is 0 Å². The van der Waals surface area contributed by atoms with Crippen LogP contribution in [-0.4, -0.2) is 18.7 Å². The van der Waals surface area contributed by atoms with E-state index in [1.54, 1.807) is 5.06 Å². The highest BCUT2D eigenvalue weighted by Gasteiger charge is 2.16. The molecule has 54 valence electrons. The first kappa shape index (κ1) is 7.10. The molecule has 1 rings (SSSR count). The monoisotopic (exact) mass is 138 g/mol. The van der Waals surface area contributed by atoms with Crippen molar-refractivity contribution in [2.24, 2.45) is 0 Å².